The van der Waals surface area contributed by atoms with Crippen LogP contribution < -0.4 is 16.4 Å². The molecule has 1 aliphatic carbocycles. The smallest absolute Gasteiger partial charge is 0.242 e. The largest absolute Gasteiger partial charge is 0.352 e. The van der Waals surface area contributed by atoms with E-state index in [0.717, 1.165) is 25.7 Å². The third-order valence-corrected chi connectivity index (χ3v) is 3.23. The van der Waals surface area contributed by atoms with Crippen LogP contribution in [-0.2, 0) is 9.59 Å². The lowest BCUT2D eigenvalue weighted by Crippen LogP contribution is -2.53. The summed E-state index contributed by atoms with van der Waals surface area (Å²) < 4.78 is 0. The highest BCUT2D eigenvalue weighted by atomic mass is 16.2. The Balaban J connectivity index is 2.58. The Kier molecular flexibility index (Phi) is 5.14. The van der Waals surface area contributed by atoms with Crippen LogP contribution in [-0.4, -0.2) is 29.9 Å². The molecule has 0 aromatic heterocycles. The number of rotatable bonds is 5. The molecule has 1 saturated carbocycles. The fraction of sp³-hybridized carbons (Fsp3) is 0.846. The van der Waals surface area contributed by atoms with Crippen LogP contribution in [0.2, 0.25) is 0 Å². The van der Waals surface area contributed by atoms with E-state index in [4.69, 9.17) is 5.73 Å². The van der Waals surface area contributed by atoms with E-state index in [9.17, 15) is 9.59 Å². The monoisotopic (exact) mass is 255 g/mol. The summed E-state index contributed by atoms with van der Waals surface area (Å²) in [6.07, 6.45) is 4.28. The van der Waals surface area contributed by atoms with Crippen molar-refractivity contribution in [1.82, 2.24) is 10.6 Å². The summed E-state index contributed by atoms with van der Waals surface area (Å²) in [7, 11) is 0. The lowest BCUT2D eigenvalue weighted by molar-refractivity contribution is -0.129. The second-order valence-electron chi connectivity index (χ2n) is 5.93. The van der Waals surface area contributed by atoms with Gasteiger partial charge in [0.25, 0.3) is 0 Å². The zero-order valence-electron chi connectivity index (χ0n) is 11.6. The van der Waals surface area contributed by atoms with Crippen molar-refractivity contribution < 1.29 is 9.59 Å². The maximum absolute atomic E-state index is 12.1. The van der Waals surface area contributed by atoms with Gasteiger partial charge < -0.3 is 16.4 Å². The Morgan fingerprint density at radius 2 is 1.89 bits per heavy atom. The summed E-state index contributed by atoms with van der Waals surface area (Å²) in [5.74, 6) is -0.0144. The van der Waals surface area contributed by atoms with E-state index in [0.29, 0.717) is 6.54 Å². The summed E-state index contributed by atoms with van der Waals surface area (Å²) in [6, 6.07) is -0.410. The van der Waals surface area contributed by atoms with Gasteiger partial charge in [-0.2, -0.15) is 0 Å². The van der Waals surface area contributed by atoms with E-state index in [-0.39, 0.29) is 17.7 Å². The van der Waals surface area contributed by atoms with Crippen LogP contribution in [0.25, 0.3) is 0 Å². The van der Waals surface area contributed by atoms with Gasteiger partial charge in [0.1, 0.15) is 6.04 Å². The molecule has 1 rings (SSSR count). The van der Waals surface area contributed by atoms with Crippen LogP contribution in [0.4, 0.5) is 0 Å². The molecule has 0 heterocycles. The first-order valence-electron chi connectivity index (χ1n) is 6.63. The highest BCUT2D eigenvalue weighted by Gasteiger charge is 2.31. The molecular weight excluding hydrogens is 230 g/mol. The molecule has 0 bridgehead atoms. The SMILES string of the molecule is CC(=O)NC(C(=O)NCC(C)(C)N)C1CCCC1. The second-order valence-corrected chi connectivity index (χ2v) is 5.93. The molecule has 0 aromatic rings. The van der Waals surface area contributed by atoms with Crippen molar-refractivity contribution in [2.24, 2.45) is 11.7 Å². The molecule has 5 heteroatoms. The lowest BCUT2D eigenvalue weighted by Gasteiger charge is -2.26. The van der Waals surface area contributed by atoms with Crippen LogP contribution in [0.15, 0.2) is 0 Å². The van der Waals surface area contributed by atoms with E-state index in [1.807, 2.05) is 13.8 Å². The predicted molar refractivity (Wildman–Crippen MR) is 70.8 cm³/mol. The molecule has 1 aliphatic rings. The molecular formula is C13H25N3O2. The molecule has 2 amide bonds. The maximum atomic E-state index is 12.1. The first-order chi connectivity index (χ1) is 8.29. The highest BCUT2D eigenvalue weighted by molar-refractivity contribution is 5.87. The average molecular weight is 255 g/mol. The van der Waals surface area contributed by atoms with Crippen LogP contribution in [0.5, 0.6) is 0 Å². The molecule has 18 heavy (non-hydrogen) atoms. The molecule has 5 nitrogen and oxygen atoms in total. The van der Waals surface area contributed by atoms with Gasteiger partial charge in [0.05, 0.1) is 0 Å². The summed E-state index contributed by atoms with van der Waals surface area (Å²) >= 11 is 0. The van der Waals surface area contributed by atoms with Crippen molar-refractivity contribution in [2.45, 2.75) is 58.0 Å². The molecule has 1 atom stereocenters. The minimum Gasteiger partial charge on any atom is -0.352 e. The van der Waals surface area contributed by atoms with Gasteiger partial charge in [0.15, 0.2) is 0 Å². The first kappa shape index (κ1) is 15.0. The predicted octanol–water partition coefficient (Wildman–Crippen LogP) is 0.535. The van der Waals surface area contributed by atoms with Crippen molar-refractivity contribution in [3.63, 3.8) is 0 Å². The number of hydrogen-bond acceptors (Lipinski definition) is 3. The fourth-order valence-electron chi connectivity index (χ4n) is 2.33. The van der Waals surface area contributed by atoms with Crippen molar-refractivity contribution in [3.8, 4) is 0 Å². The van der Waals surface area contributed by atoms with E-state index in [2.05, 4.69) is 10.6 Å². The zero-order chi connectivity index (χ0) is 13.8. The molecule has 4 N–H and O–H groups in total. The van der Waals surface area contributed by atoms with Crippen molar-refractivity contribution in [3.05, 3.63) is 0 Å². The van der Waals surface area contributed by atoms with Crippen molar-refractivity contribution in [2.75, 3.05) is 6.54 Å². The van der Waals surface area contributed by atoms with E-state index >= 15 is 0 Å². The molecule has 0 radical (unpaired) electrons. The number of carbonyl (C=O) groups is 2. The van der Waals surface area contributed by atoms with Gasteiger partial charge in [-0.3, -0.25) is 9.59 Å². The zero-order valence-corrected chi connectivity index (χ0v) is 11.6. The second kappa shape index (κ2) is 6.18. The molecule has 0 spiro atoms. The van der Waals surface area contributed by atoms with Gasteiger partial charge in [-0.05, 0) is 32.6 Å². The van der Waals surface area contributed by atoms with Crippen LogP contribution >= 0.6 is 0 Å². The summed E-state index contributed by atoms with van der Waals surface area (Å²) in [4.78, 5) is 23.3. The molecule has 104 valence electrons. The van der Waals surface area contributed by atoms with Crippen LogP contribution in [0.3, 0.4) is 0 Å². The van der Waals surface area contributed by atoms with Gasteiger partial charge in [-0.1, -0.05) is 12.8 Å². The van der Waals surface area contributed by atoms with E-state index < -0.39 is 11.6 Å². The summed E-state index contributed by atoms with van der Waals surface area (Å²) in [5.41, 5.74) is 5.40. The molecule has 1 unspecified atom stereocenters. The molecule has 0 aromatic carbocycles. The number of nitrogens with two attached hydrogens (primary N) is 1. The van der Waals surface area contributed by atoms with Crippen LogP contribution in [0.1, 0.15) is 46.5 Å². The van der Waals surface area contributed by atoms with Crippen LogP contribution in [0, 0.1) is 5.92 Å². The Bertz CT molecular complexity index is 304. The number of nitrogens with one attached hydrogen (secondary N) is 2. The van der Waals surface area contributed by atoms with Crippen molar-refractivity contribution in [1.29, 1.82) is 0 Å². The summed E-state index contributed by atoms with van der Waals surface area (Å²) in [6.45, 7) is 5.57. The fourth-order valence-corrected chi connectivity index (χ4v) is 2.33. The molecule has 0 aliphatic heterocycles. The maximum Gasteiger partial charge on any atom is 0.242 e. The Morgan fingerprint density at radius 3 is 2.33 bits per heavy atom. The third-order valence-electron chi connectivity index (χ3n) is 3.23. The average Bonchev–Trinajstić information content (AvgIpc) is 2.74. The van der Waals surface area contributed by atoms with E-state index in [1.165, 1.54) is 6.92 Å². The summed E-state index contributed by atoms with van der Waals surface area (Å²) in [5, 5.41) is 5.59. The van der Waals surface area contributed by atoms with Gasteiger partial charge in [-0.15, -0.1) is 0 Å². The van der Waals surface area contributed by atoms with Gasteiger partial charge in [0.2, 0.25) is 11.8 Å². The minimum absolute atomic E-state index is 0.115. The Hall–Kier alpha value is -1.10. The van der Waals surface area contributed by atoms with Gasteiger partial charge in [-0.25, -0.2) is 0 Å². The number of carbonyl (C=O) groups excluding carboxylic acids is 2. The Labute approximate surface area is 109 Å². The number of amides is 2. The normalized spacial score (nSPS) is 18.4. The quantitative estimate of drug-likeness (QED) is 0.670. The van der Waals surface area contributed by atoms with Gasteiger partial charge >= 0.3 is 0 Å². The lowest BCUT2D eigenvalue weighted by atomic mass is 9.96. The standard InChI is InChI=1S/C13H25N3O2/c1-9(17)16-11(10-6-4-5-7-10)12(18)15-8-13(2,3)14/h10-11H,4-8,14H2,1-3H3,(H,15,18)(H,16,17). The minimum atomic E-state index is -0.438. The highest BCUT2D eigenvalue weighted by Crippen LogP contribution is 2.27. The number of hydrogen-bond donors (Lipinski definition) is 3. The first-order valence-corrected chi connectivity index (χ1v) is 6.63. The third kappa shape index (κ3) is 5.04. The topological polar surface area (TPSA) is 84.2 Å². The Morgan fingerprint density at radius 1 is 1.33 bits per heavy atom. The van der Waals surface area contributed by atoms with E-state index in [1.54, 1.807) is 0 Å². The van der Waals surface area contributed by atoms with Crippen molar-refractivity contribution >= 4 is 11.8 Å². The van der Waals surface area contributed by atoms with Gasteiger partial charge in [0, 0.05) is 19.0 Å². The molecule has 0 saturated heterocycles. The molecule has 1 fully saturated rings.